The van der Waals surface area contributed by atoms with Gasteiger partial charge in [0.2, 0.25) is 0 Å². The van der Waals surface area contributed by atoms with Gasteiger partial charge in [-0.2, -0.15) is 0 Å². The van der Waals surface area contributed by atoms with E-state index in [1.165, 1.54) is 26.2 Å². The van der Waals surface area contributed by atoms with E-state index in [1.807, 2.05) is 0 Å². The van der Waals surface area contributed by atoms with Crippen molar-refractivity contribution in [2.75, 3.05) is 26.2 Å². The van der Waals surface area contributed by atoms with Gasteiger partial charge in [0, 0.05) is 38.3 Å². The van der Waals surface area contributed by atoms with Crippen LogP contribution in [0.1, 0.15) is 13.8 Å². The monoisotopic (exact) mass is 140 g/mol. The second-order valence-electron chi connectivity index (χ2n) is 3.74. The summed E-state index contributed by atoms with van der Waals surface area (Å²) in [5, 5.41) is 0. The molecule has 2 heteroatoms. The highest BCUT2D eigenvalue weighted by Gasteiger charge is 2.37. The molecule has 0 radical (unpaired) electrons. The maximum atomic E-state index is 2.62. The van der Waals surface area contributed by atoms with Crippen LogP contribution in [0.3, 0.4) is 0 Å². The fraction of sp³-hybridized carbons (Fsp3) is 1.00. The van der Waals surface area contributed by atoms with Crippen molar-refractivity contribution in [2.24, 2.45) is 0 Å². The Hall–Kier alpha value is -0.0800. The van der Waals surface area contributed by atoms with E-state index in [0.717, 1.165) is 12.1 Å². The van der Waals surface area contributed by atoms with Crippen LogP contribution in [0.2, 0.25) is 0 Å². The maximum Gasteiger partial charge on any atom is 0.0353 e. The van der Waals surface area contributed by atoms with E-state index in [9.17, 15) is 0 Å². The summed E-state index contributed by atoms with van der Waals surface area (Å²) < 4.78 is 0. The molecule has 0 amide bonds. The van der Waals surface area contributed by atoms with Crippen molar-refractivity contribution in [1.29, 1.82) is 0 Å². The lowest BCUT2D eigenvalue weighted by Crippen LogP contribution is -2.67. The molecule has 3 saturated heterocycles. The first-order valence-electron chi connectivity index (χ1n) is 4.25. The smallest absolute Gasteiger partial charge is 0.0353 e. The highest BCUT2D eigenvalue weighted by Crippen LogP contribution is 2.21. The molecule has 0 aromatic heterocycles. The molecule has 58 valence electrons. The summed E-state index contributed by atoms with van der Waals surface area (Å²) >= 11 is 0. The summed E-state index contributed by atoms with van der Waals surface area (Å²) in [5.74, 6) is 0. The van der Waals surface area contributed by atoms with E-state index in [2.05, 4.69) is 23.6 Å². The Balaban J connectivity index is 1.96. The molecule has 0 aromatic carbocycles. The number of piperazine rings is 2. The minimum absolute atomic E-state index is 0.757. The van der Waals surface area contributed by atoms with Gasteiger partial charge in [-0.1, -0.05) is 0 Å². The van der Waals surface area contributed by atoms with Crippen LogP contribution in [0.15, 0.2) is 0 Å². The second-order valence-corrected chi connectivity index (χ2v) is 3.74. The average molecular weight is 140 g/mol. The van der Waals surface area contributed by atoms with E-state index in [0.29, 0.717) is 0 Å². The molecule has 0 N–H and O–H groups in total. The van der Waals surface area contributed by atoms with Crippen molar-refractivity contribution in [3.63, 3.8) is 0 Å². The Kier molecular flexibility index (Phi) is 1.46. The molecule has 0 unspecified atom stereocenters. The van der Waals surface area contributed by atoms with Crippen LogP contribution in [0, 0.1) is 0 Å². The minimum atomic E-state index is 0.757. The first-order chi connectivity index (χ1) is 4.77. The SMILES string of the molecule is CC(C)N1CCN2CC1C2. The van der Waals surface area contributed by atoms with Gasteiger partial charge in [0.25, 0.3) is 0 Å². The highest BCUT2D eigenvalue weighted by atomic mass is 15.4. The van der Waals surface area contributed by atoms with Crippen LogP contribution in [0.4, 0.5) is 0 Å². The van der Waals surface area contributed by atoms with E-state index in [4.69, 9.17) is 0 Å². The molecule has 2 nitrogen and oxygen atoms in total. The molecule has 3 aliphatic heterocycles. The topological polar surface area (TPSA) is 6.48 Å². The third kappa shape index (κ3) is 0.867. The van der Waals surface area contributed by atoms with Crippen LogP contribution in [-0.4, -0.2) is 48.1 Å². The third-order valence-corrected chi connectivity index (χ3v) is 2.74. The van der Waals surface area contributed by atoms with Gasteiger partial charge in [-0.15, -0.1) is 0 Å². The molecular weight excluding hydrogens is 124 g/mol. The van der Waals surface area contributed by atoms with E-state index < -0.39 is 0 Å². The van der Waals surface area contributed by atoms with Crippen molar-refractivity contribution in [3.05, 3.63) is 0 Å². The number of hydrogen-bond acceptors (Lipinski definition) is 2. The molecule has 3 fully saturated rings. The molecule has 3 rings (SSSR count). The zero-order chi connectivity index (χ0) is 7.14. The Bertz CT molecular complexity index is 124. The summed E-state index contributed by atoms with van der Waals surface area (Å²) in [5.41, 5.74) is 0. The fourth-order valence-corrected chi connectivity index (χ4v) is 2.05. The number of rotatable bonds is 1. The van der Waals surface area contributed by atoms with Crippen molar-refractivity contribution in [3.8, 4) is 0 Å². The van der Waals surface area contributed by atoms with Crippen LogP contribution in [0.5, 0.6) is 0 Å². The first kappa shape index (κ1) is 6.62. The predicted octanol–water partition coefficient (Wildman–Crippen LogP) is 0.395. The summed E-state index contributed by atoms with van der Waals surface area (Å²) in [4.78, 5) is 5.16. The van der Waals surface area contributed by atoms with Gasteiger partial charge in [0.05, 0.1) is 0 Å². The van der Waals surface area contributed by atoms with Gasteiger partial charge in [0.1, 0.15) is 0 Å². The second kappa shape index (κ2) is 2.21. The molecule has 2 bridgehead atoms. The van der Waals surface area contributed by atoms with Gasteiger partial charge in [-0.25, -0.2) is 0 Å². The molecule has 0 spiro atoms. The zero-order valence-electron chi connectivity index (χ0n) is 6.88. The molecule has 3 heterocycles. The lowest BCUT2D eigenvalue weighted by Gasteiger charge is -2.53. The molecule has 0 aliphatic carbocycles. The zero-order valence-corrected chi connectivity index (χ0v) is 6.88. The molecule has 3 aliphatic rings. The molecule has 0 atom stereocenters. The third-order valence-electron chi connectivity index (χ3n) is 2.74. The van der Waals surface area contributed by atoms with Crippen molar-refractivity contribution < 1.29 is 0 Å². The normalized spacial score (nSPS) is 39.9. The van der Waals surface area contributed by atoms with E-state index in [1.54, 1.807) is 0 Å². The predicted molar refractivity (Wildman–Crippen MR) is 42.1 cm³/mol. The summed E-state index contributed by atoms with van der Waals surface area (Å²) in [6.07, 6.45) is 0. The van der Waals surface area contributed by atoms with Crippen LogP contribution >= 0.6 is 0 Å². The van der Waals surface area contributed by atoms with Gasteiger partial charge in [0.15, 0.2) is 0 Å². The van der Waals surface area contributed by atoms with Gasteiger partial charge < -0.3 is 0 Å². The van der Waals surface area contributed by atoms with Gasteiger partial charge in [-0.05, 0) is 13.8 Å². The largest absolute Gasteiger partial charge is 0.299 e. The lowest BCUT2D eigenvalue weighted by atomic mass is 10.0. The minimum Gasteiger partial charge on any atom is -0.299 e. The van der Waals surface area contributed by atoms with Crippen LogP contribution < -0.4 is 0 Å². The van der Waals surface area contributed by atoms with Crippen LogP contribution in [-0.2, 0) is 0 Å². The molecular formula is C8H16N2. The Labute approximate surface area is 62.8 Å². The number of hydrogen-bond donors (Lipinski definition) is 0. The Morgan fingerprint density at radius 3 is 2.20 bits per heavy atom. The number of fused-ring (bicyclic) bond motifs is 2. The standard InChI is InChI=1S/C8H16N2/c1-7(2)10-4-3-9-5-8(10)6-9/h7-8H,3-6H2,1-2H3. The van der Waals surface area contributed by atoms with Crippen LogP contribution in [0.25, 0.3) is 0 Å². The van der Waals surface area contributed by atoms with Gasteiger partial charge >= 0.3 is 0 Å². The first-order valence-corrected chi connectivity index (χ1v) is 4.25. The summed E-state index contributed by atoms with van der Waals surface area (Å²) in [6.45, 7) is 9.86. The van der Waals surface area contributed by atoms with Crippen molar-refractivity contribution >= 4 is 0 Å². The maximum absolute atomic E-state index is 2.62. The number of nitrogens with zero attached hydrogens (tertiary/aromatic N) is 2. The van der Waals surface area contributed by atoms with E-state index in [-0.39, 0.29) is 0 Å². The van der Waals surface area contributed by atoms with Gasteiger partial charge in [-0.3, -0.25) is 9.80 Å². The Morgan fingerprint density at radius 2 is 1.90 bits per heavy atom. The Morgan fingerprint density at radius 1 is 1.20 bits per heavy atom. The quantitative estimate of drug-likeness (QED) is 0.520. The highest BCUT2D eigenvalue weighted by molar-refractivity contribution is 4.94. The van der Waals surface area contributed by atoms with E-state index >= 15 is 0 Å². The summed E-state index contributed by atoms with van der Waals surface area (Å²) in [7, 11) is 0. The average Bonchev–Trinajstić information content (AvgIpc) is 1.86. The fourth-order valence-electron chi connectivity index (χ4n) is 2.05. The lowest BCUT2D eigenvalue weighted by molar-refractivity contribution is -0.0410. The van der Waals surface area contributed by atoms with Crippen molar-refractivity contribution in [1.82, 2.24) is 9.80 Å². The van der Waals surface area contributed by atoms with Crippen molar-refractivity contribution in [2.45, 2.75) is 25.9 Å². The molecule has 0 aromatic rings. The molecule has 10 heavy (non-hydrogen) atoms. The molecule has 0 saturated carbocycles. The summed E-state index contributed by atoms with van der Waals surface area (Å²) in [6, 6.07) is 1.65.